The van der Waals surface area contributed by atoms with E-state index in [1.54, 1.807) is 6.33 Å². The molecule has 0 amide bonds. The number of fused-ring (bicyclic) bond motifs is 3. The van der Waals surface area contributed by atoms with E-state index in [-0.39, 0.29) is 5.56 Å². The molecular formula is C29H28N6O4. The summed E-state index contributed by atoms with van der Waals surface area (Å²) in [5, 5.41) is 8.36. The lowest BCUT2D eigenvalue weighted by molar-refractivity contribution is -0.134. The first-order valence-electron chi connectivity index (χ1n) is 12.5. The fourth-order valence-electron chi connectivity index (χ4n) is 4.44. The number of carboxylic acids is 1. The number of aliphatic carboxylic acids is 1. The Morgan fingerprint density at radius 1 is 1.08 bits per heavy atom. The average molecular weight is 525 g/mol. The number of nitrogens with zero attached hydrogens (tertiary/aromatic N) is 3. The van der Waals surface area contributed by atoms with Crippen molar-refractivity contribution in [3.05, 3.63) is 89.1 Å². The summed E-state index contributed by atoms with van der Waals surface area (Å²) >= 11 is 0. The van der Waals surface area contributed by atoms with Gasteiger partial charge >= 0.3 is 0 Å². The largest absolute Gasteiger partial charge is 0.489 e. The van der Waals surface area contributed by atoms with Crippen LogP contribution in [0.1, 0.15) is 18.9 Å². The number of aryl methyl sites for hydroxylation is 1. The van der Waals surface area contributed by atoms with Crippen molar-refractivity contribution in [3.63, 3.8) is 0 Å². The van der Waals surface area contributed by atoms with E-state index in [9.17, 15) is 4.79 Å². The van der Waals surface area contributed by atoms with Crippen LogP contribution >= 0.6 is 0 Å². The van der Waals surface area contributed by atoms with E-state index < -0.39 is 5.97 Å². The van der Waals surface area contributed by atoms with Gasteiger partial charge in [-0.2, -0.15) is 0 Å². The second kappa shape index (κ2) is 11.2. The fraction of sp³-hybridized carbons (Fsp3) is 0.172. The molecule has 3 aromatic carbocycles. The number of aromatic amines is 2. The molecule has 5 N–H and O–H groups in total. The number of imidazole rings is 1. The van der Waals surface area contributed by atoms with E-state index in [4.69, 9.17) is 25.4 Å². The summed E-state index contributed by atoms with van der Waals surface area (Å²) < 4.78 is 8.18. The number of carbonyl (C=O) groups is 1. The highest BCUT2D eigenvalue weighted by Gasteiger charge is 2.17. The van der Waals surface area contributed by atoms with Crippen molar-refractivity contribution in [2.75, 3.05) is 6.54 Å². The van der Waals surface area contributed by atoms with E-state index in [0.29, 0.717) is 29.9 Å². The predicted molar refractivity (Wildman–Crippen MR) is 151 cm³/mol. The average Bonchev–Trinajstić information content (AvgIpc) is 3.53. The van der Waals surface area contributed by atoms with Crippen molar-refractivity contribution in [2.45, 2.75) is 26.5 Å². The highest BCUT2D eigenvalue weighted by molar-refractivity contribution is 5.97. The minimum Gasteiger partial charge on any atom is -0.489 e. The molecule has 0 saturated heterocycles. The number of hydrogen-bond acceptors (Lipinski definition) is 6. The van der Waals surface area contributed by atoms with Crippen LogP contribution < -0.4 is 16.0 Å². The Bertz CT molecular complexity index is 1820. The third-order valence-electron chi connectivity index (χ3n) is 6.19. The van der Waals surface area contributed by atoms with Crippen LogP contribution in [0.3, 0.4) is 0 Å². The summed E-state index contributed by atoms with van der Waals surface area (Å²) in [5.74, 6) is -0.0676. The zero-order valence-corrected chi connectivity index (χ0v) is 21.3. The zero-order chi connectivity index (χ0) is 27.4. The first kappa shape index (κ1) is 25.7. The predicted octanol–water partition coefficient (Wildman–Crippen LogP) is 4.44. The monoisotopic (exact) mass is 524 g/mol. The Morgan fingerprint density at radius 3 is 2.62 bits per heavy atom. The molecule has 3 heterocycles. The second-order valence-corrected chi connectivity index (χ2v) is 9.05. The van der Waals surface area contributed by atoms with Crippen LogP contribution in [0.25, 0.3) is 44.2 Å². The van der Waals surface area contributed by atoms with Crippen molar-refractivity contribution < 1.29 is 14.6 Å². The number of hydrogen-bond donors (Lipinski definition) is 4. The van der Waals surface area contributed by atoms with Gasteiger partial charge in [0.15, 0.2) is 0 Å². The van der Waals surface area contributed by atoms with Gasteiger partial charge in [-0.15, -0.1) is 0 Å². The Balaban J connectivity index is 0.000000723. The Morgan fingerprint density at radius 2 is 1.85 bits per heavy atom. The second-order valence-electron chi connectivity index (χ2n) is 9.05. The fourth-order valence-corrected chi connectivity index (χ4v) is 4.44. The Labute approximate surface area is 223 Å². The van der Waals surface area contributed by atoms with E-state index in [2.05, 4.69) is 19.5 Å². The lowest BCUT2D eigenvalue weighted by Crippen LogP contribution is -2.11. The molecule has 10 nitrogen and oxygen atoms in total. The standard InChI is InChI=1S/C27H24N6O2.C2H4O2/c28-9-4-10-33-14-20(19-8-7-18(11-25(19)33)35-15-17-5-2-1-3-6-17)26-27(34)32-24-13-22-21(29-16-30-22)12-23(24)31-26;1-2(3)4/h1-3,5-8,11-14,16H,4,9-10,15,28H2,(H,29,30)(H,32,34);1H3,(H,3,4). The first-order chi connectivity index (χ1) is 18.9. The van der Waals surface area contributed by atoms with Gasteiger partial charge in [-0.3, -0.25) is 9.59 Å². The maximum absolute atomic E-state index is 13.1. The molecule has 3 aromatic heterocycles. The van der Waals surface area contributed by atoms with E-state index in [0.717, 1.165) is 58.7 Å². The van der Waals surface area contributed by atoms with Crippen LogP contribution in [0, 0.1) is 0 Å². The van der Waals surface area contributed by atoms with Crippen molar-refractivity contribution >= 4 is 38.9 Å². The molecule has 6 rings (SSSR count). The van der Waals surface area contributed by atoms with Gasteiger partial charge in [0.25, 0.3) is 11.5 Å². The van der Waals surface area contributed by atoms with Crippen LogP contribution in [0.5, 0.6) is 5.75 Å². The molecule has 198 valence electrons. The highest BCUT2D eigenvalue weighted by Crippen LogP contribution is 2.32. The number of rotatable bonds is 7. The SMILES string of the molecule is CC(=O)O.NCCCn1cc(-c2nc3cc4[nH]cnc4cc3[nH]c2=O)c2ccc(OCc3ccccc3)cc21. The smallest absolute Gasteiger partial charge is 0.300 e. The molecule has 0 saturated carbocycles. The molecule has 39 heavy (non-hydrogen) atoms. The number of nitrogens with one attached hydrogen (secondary N) is 2. The maximum Gasteiger partial charge on any atom is 0.300 e. The van der Waals surface area contributed by atoms with Crippen LogP contribution in [-0.4, -0.2) is 42.1 Å². The summed E-state index contributed by atoms with van der Waals surface area (Å²) in [6.45, 7) is 2.88. The van der Waals surface area contributed by atoms with Crippen molar-refractivity contribution in [1.82, 2.24) is 24.5 Å². The quantitative estimate of drug-likeness (QED) is 0.241. The van der Waals surface area contributed by atoms with Gasteiger partial charge < -0.3 is 30.1 Å². The van der Waals surface area contributed by atoms with Crippen LogP contribution in [0.15, 0.2) is 78.0 Å². The minimum absolute atomic E-state index is 0.241. The van der Waals surface area contributed by atoms with Gasteiger partial charge in [-0.25, -0.2) is 9.97 Å². The number of H-pyrrole nitrogens is 2. The summed E-state index contributed by atoms with van der Waals surface area (Å²) in [5.41, 5.74) is 11.8. The topological polar surface area (TPSA) is 152 Å². The zero-order valence-electron chi connectivity index (χ0n) is 21.3. The van der Waals surface area contributed by atoms with Crippen LogP contribution in [0.4, 0.5) is 0 Å². The Kier molecular flexibility index (Phi) is 7.37. The van der Waals surface area contributed by atoms with E-state index in [1.165, 1.54) is 0 Å². The minimum atomic E-state index is -0.833. The van der Waals surface area contributed by atoms with Crippen molar-refractivity contribution in [2.24, 2.45) is 5.73 Å². The molecule has 0 aliphatic heterocycles. The molecule has 0 unspecified atom stereocenters. The Hall–Kier alpha value is -4.96. The summed E-state index contributed by atoms with van der Waals surface area (Å²) in [7, 11) is 0. The lowest BCUT2D eigenvalue weighted by atomic mass is 10.1. The molecule has 0 aliphatic carbocycles. The summed E-state index contributed by atoms with van der Waals surface area (Å²) in [6, 6.07) is 19.7. The molecule has 10 heteroatoms. The van der Waals surface area contributed by atoms with Gasteiger partial charge in [0, 0.05) is 36.7 Å². The van der Waals surface area contributed by atoms with E-state index >= 15 is 0 Å². The first-order valence-corrected chi connectivity index (χ1v) is 12.5. The van der Waals surface area contributed by atoms with Gasteiger partial charge in [-0.1, -0.05) is 30.3 Å². The summed E-state index contributed by atoms with van der Waals surface area (Å²) in [4.78, 5) is 37.2. The van der Waals surface area contributed by atoms with Crippen LogP contribution in [-0.2, 0) is 17.9 Å². The molecular weight excluding hydrogens is 496 g/mol. The number of benzene rings is 3. The van der Waals surface area contributed by atoms with Gasteiger partial charge in [0.2, 0.25) is 0 Å². The van der Waals surface area contributed by atoms with E-state index in [1.807, 2.05) is 66.9 Å². The normalized spacial score (nSPS) is 11.0. The molecule has 6 aromatic rings. The highest BCUT2D eigenvalue weighted by atomic mass is 16.5. The van der Waals surface area contributed by atoms with Crippen molar-refractivity contribution in [1.29, 1.82) is 0 Å². The third kappa shape index (κ3) is 5.65. The third-order valence-corrected chi connectivity index (χ3v) is 6.19. The maximum atomic E-state index is 13.1. The van der Waals surface area contributed by atoms with Crippen molar-refractivity contribution in [3.8, 4) is 17.0 Å². The van der Waals surface area contributed by atoms with Gasteiger partial charge in [0.1, 0.15) is 18.1 Å². The van der Waals surface area contributed by atoms with Gasteiger partial charge in [0.05, 0.1) is 33.9 Å². The molecule has 0 aliphatic rings. The molecule has 0 fully saturated rings. The van der Waals surface area contributed by atoms with Crippen LogP contribution in [0.2, 0.25) is 0 Å². The number of aromatic nitrogens is 5. The van der Waals surface area contributed by atoms with Gasteiger partial charge in [-0.05, 0) is 42.8 Å². The molecule has 0 spiro atoms. The molecule has 0 bridgehead atoms. The molecule has 0 atom stereocenters. The number of ether oxygens (including phenoxy) is 1. The number of carboxylic acid groups (broad SMARTS) is 1. The lowest BCUT2D eigenvalue weighted by Gasteiger charge is -2.08. The molecule has 0 radical (unpaired) electrons. The summed E-state index contributed by atoms with van der Waals surface area (Å²) in [6.07, 6.45) is 4.43. The number of nitrogens with two attached hydrogens (primary N) is 1.